The molecule has 0 saturated carbocycles. The van der Waals surface area contributed by atoms with E-state index in [1.807, 2.05) is 13.0 Å². The van der Waals surface area contributed by atoms with Gasteiger partial charge in [0, 0.05) is 5.57 Å². The van der Waals surface area contributed by atoms with E-state index >= 15 is 0 Å². The summed E-state index contributed by atoms with van der Waals surface area (Å²) in [7, 11) is 1.45. The molecule has 0 atom stereocenters. The Balaban J connectivity index is 3.37. The first-order chi connectivity index (χ1) is 8.76. The first kappa shape index (κ1) is 17.2. The molecule has 0 aromatic rings. The predicted molar refractivity (Wildman–Crippen MR) is 77.6 cm³/mol. The lowest BCUT2D eigenvalue weighted by molar-refractivity contribution is -0.136. The molecule has 0 saturated heterocycles. The van der Waals surface area contributed by atoms with E-state index in [2.05, 4.69) is 6.92 Å². The van der Waals surface area contributed by atoms with Crippen LogP contribution in [-0.2, 0) is 9.53 Å². The van der Waals surface area contributed by atoms with Crippen molar-refractivity contribution in [3.8, 4) is 0 Å². The quantitative estimate of drug-likeness (QED) is 0.294. The number of hydrogen-bond acceptors (Lipinski definition) is 2. The molecule has 0 fully saturated rings. The van der Waals surface area contributed by atoms with E-state index in [9.17, 15) is 4.79 Å². The summed E-state index contributed by atoms with van der Waals surface area (Å²) in [5, 5.41) is 0. The van der Waals surface area contributed by atoms with E-state index < -0.39 is 0 Å². The van der Waals surface area contributed by atoms with Crippen LogP contribution < -0.4 is 0 Å². The summed E-state index contributed by atoms with van der Waals surface area (Å²) in [5.74, 6) is -0.169. The molecule has 0 aliphatic heterocycles. The average molecular weight is 254 g/mol. The van der Waals surface area contributed by atoms with Crippen molar-refractivity contribution in [1.82, 2.24) is 0 Å². The average Bonchev–Trinajstić information content (AvgIpc) is 2.40. The molecule has 0 aliphatic rings. The van der Waals surface area contributed by atoms with Gasteiger partial charge in [-0.3, -0.25) is 0 Å². The smallest absolute Gasteiger partial charge is 0.333 e. The molecule has 0 N–H and O–H groups in total. The Morgan fingerprint density at radius 1 is 0.944 bits per heavy atom. The van der Waals surface area contributed by atoms with E-state index in [1.54, 1.807) is 0 Å². The van der Waals surface area contributed by atoms with Crippen molar-refractivity contribution in [2.75, 3.05) is 7.11 Å². The lowest BCUT2D eigenvalue weighted by atomic mass is 10.0. The monoisotopic (exact) mass is 254 g/mol. The first-order valence-corrected chi connectivity index (χ1v) is 7.49. The summed E-state index contributed by atoms with van der Waals surface area (Å²) in [6.45, 7) is 4.15. The second-order valence-electron chi connectivity index (χ2n) is 4.88. The summed E-state index contributed by atoms with van der Waals surface area (Å²) in [6, 6.07) is 0. The topological polar surface area (TPSA) is 26.3 Å². The highest BCUT2D eigenvalue weighted by atomic mass is 16.5. The molecule has 0 heterocycles. The van der Waals surface area contributed by atoms with Crippen LogP contribution >= 0.6 is 0 Å². The Kier molecular flexibility index (Phi) is 12.1. The van der Waals surface area contributed by atoms with Crippen LogP contribution in [0, 0.1) is 0 Å². The van der Waals surface area contributed by atoms with E-state index in [4.69, 9.17) is 4.74 Å². The first-order valence-electron chi connectivity index (χ1n) is 7.49. The van der Waals surface area contributed by atoms with E-state index in [0.717, 1.165) is 18.4 Å². The van der Waals surface area contributed by atoms with Crippen molar-refractivity contribution in [2.45, 2.75) is 78.1 Å². The van der Waals surface area contributed by atoms with Gasteiger partial charge in [0.25, 0.3) is 0 Å². The summed E-state index contributed by atoms with van der Waals surface area (Å²) in [4.78, 5) is 11.3. The van der Waals surface area contributed by atoms with Gasteiger partial charge in [-0.05, 0) is 19.8 Å². The molecule has 0 bridgehead atoms. The maximum absolute atomic E-state index is 11.3. The Morgan fingerprint density at radius 3 is 1.89 bits per heavy atom. The standard InChI is InChI=1S/C16H30O2/c1-4-6-7-8-9-10-11-12-13-14-15(5-2)16(17)18-3/h5H,4,6-14H2,1-3H3. The third kappa shape index (κ3) is 9.26. The Hall–Kier alpha value is -0.790. The van der Waals surface area contributed by atoms with E-state index in [-0.39, 0.29) is 5.97 Å². The molecular formula is C16H30O2. The number of allylic oxidation sites excluding steroid dienone is 1. The number of hydrogen-bond donors (Lipinski definition) is 0. The molecule has 106 valence electrons. The number of unbranched alkanes of at least 4 members (excludes halogenated alkanes) is 8. The number of carbonyl (C=O) groups is 1. The summed E-state index contributed by atoms with van der Waals surface area (Å²) < 4.78 is 4.73. The van der Waals surface area contributed by atoms with Gasteiger partial charge in [-0.2, -0.15) is 0 Å². The van der Waals surface area contributed by atoms with Crippen LogP contribution in [0.2, 0.25) is 0 Å². The number of esters is 1. The highest BCUT2D eigenvalue weighted by Gasteiger charge is 2.07. The van der Waals surface area contributed by atoms with E-state index in [0.29, 0.717) is 0 Å². The van der Waals surface area contributed by atoms with Crippen LogP contribution in [0.1, 0.15) is 78.1 Å². The number of ether oxygens (including phenoxy) is 1. The van der Waals surface area contributed by atoms with Crippen LogP contribution in [-0.4, -0.2) is 13.1 Å². The van der Waals surface area contributed by atoms with Gasteiger partial charge in [0.1, 0.15) is 0 Å². The zero-order chi connectivity index (χ0) is 13.6. The SMILES string of the molecule is CC=C(CCCCCCCCCCC)C(=O)OC. The zero-order valence-electron chi connectivity index (χ0n) is 12.5. The van der Waals surface area contributed by atoms with E-state index in [1.165, 1.54) is 58.5 Å². The molecule has 2 heteroatoms. The molecule has 0 unspecified atom stereocenters. The van der Waals surface area contributed by atoms with Crippen LogP contribution in [0.5, 0.6) is 0 Å². The van der Waals surface area contributed by atoms with Crippen molar-refractivity contribution in [3.05, 3.63) is 11.6 Å². The van der Waals surface area contributed by atoms with Crippen molar-refractivity contribution in [3.63, 3.8) is 0 Å². The molecule has 0 amide bonds. The predicted octanol–water partition coefficient (Wildman–Crippen LogP) is 5.03. The van der Waals surface area contributed by atoms with Crippen LogP contribution in [0.15, 0.2) is 11.6 Å². The molecular weight excluding hydrogens is 224 g/mol. The molecule has 0 rings (SSSR count). The van der Waals surface area contributed by atoms with Crippen molar-refractivity contribution in [2.24, 2.45) is 0 Å². The van der Waals surface area contributed by atoms with Gasteiger partial charge in [-0.15, -0.1) is 0 Å². The fourth-order valence-electron chi connectivity index (χ4n) is 2.12. The van der Waals surface area contributed by atoms with Crippen molar-refractivity contribution in [1.29, 1.82) is 0 Å². The third-order valence-corrected chi connectivity index (χ3v) is 3.35. The minimum Gasteiger partial charge on any atom is -0.466 e. The van der Waals surface area contributed by atoms with Gasteiger partial charge < -0.3 is 4.74 Å². The fourth-order valence-corrected chi connectivity index (χ4v) is 2.12. The van der Waals surface area contributed by atoms with Gasteiger partial charge in [-0.1, -0.05) is 64.4 Å². The second kappa shape index (κ2) is 12.7. The van der Waals surface area contributed by atoms with Crippen molar-refractivity contribution < 1.29 is 9.53 Å². The van der Waals surface area contributed by atoms with Gasteiger partial charge in [0.05, 0.1) is 7.11 Å². The van der Waals surface area contributed by atoms with Gasteiger partial charge in [0.2, 0.25) is 0 Å². The molecule has 0 aliphatic carbocycles. The Bertz CT molecular complexity index is 231. The third-order valence-electron chi connectivity index (χ3n) is 3.35. The Labute approximate surface area is 113 Å². The number of rotatable bonds is 11. The van der Waals surface area contributed by atoms with Gasteiger partial charge in [0.15, 0.2) is 0 Å². The highest BCUT2D eigenvalue weighted by Crippen LogP contribution is 2.14. The normalized spacial score (nSPS) is 11.6. The van der Waals surface area contributed by atoms with Crippen LogP contribution in [0.25, 0.3) is 0 Å². The molecule has 0 spiro atoms. The minimum atomic E-state index is -0.169. The summed E-state index contributed by atoms with van der Waals surface area (Å²) in [6.07, 6.45) is 14.5. The molecule has 0 aromatic carbocycles. The van der Waals surface area contributed by atoms with Gasteiger partial charge in [-0.25, -0.2) is 4.79 Å². The van der Waals surface area contributed by atoms with Crippen LogP contribution in [0.4, 0.5) is 0 Å². The zero-order valence-corrected chi connectivity index (χ0v) is 12.5. The maximum Gasteiger partial charge on any atom is 0.333 e. The molecule has 0 radical (unpaired) electrons. The molecule has 18 heavy (non-hydrogen) atoms. The lowest BCUT2D eigenvalue weighted by Crippen LogP contribution is -2.04. The largest absolute Gasteiger partial charge is 0.466 e. The molecule has 0 aromatic heterocycles. The number of carbonyl (C=O) groups excluding carboxylic acids is 1. The maximum atomic E-state index is 11.3. The van der Waals surface area contributed by atoms with Crippen molar-refractivity contribution >= 4 is 5.97 Å². The second-order valence-corrected chi connectivity index (χ2v) is 4.88. The summed E-state index contributed by atoms with van der Waals surface area (Å²) in [5.41, 5.74) is 0.820. The lowest BCUT2D eigenvalue weighted by Gasteiger charge is -2.05. The summed E-state index contributed by atoms with van der Waals surface area (Å²) >= 11 is 0. The fraction of sp³-hybridized carbons (Fsp3) is 0.812. The highest BCUT2D eigenvalue weighted by molar-refractivity contribution is 5.88. The molecule has 2 nitrogen and oxygen atoms in total. The number of methoxy groups -OCH3 is 1. The Morgan fingerprint density at radius 2 is 1.44 bits per heavy atom. The van der Waals surface area contributed by atoms with Crippen LogP contribution in [0.3, 0.4) is 0 Å². The van der Waals surface area contributed by atoms with Gasteiger partial charge >= 0.3 is 5.97 Å². The minimum absolute atomic E-state index is 0.169.